The van der Waals surface area contributed by atoms with Crippen molar-refractivity contribution in [1.29, 1.82) is 0 Å². The summed E-state index contributed by atoms with van der Waals surface area (Å²) in [5.41, 5.74) is 1.17. The molecule has 0 unspecified atom stereocenters. The Labute approximate surface area is 97.4 Å². The van der Waals surface area contributed by atoms with Crippen LogP contribution in [0.15, 0.2) is 31.6 Å². The first kappa shape index (κ1) is 10.5. The topological polar surface area (TPSA) is 0 Å². The second-order valence-electron chi connectivity index (χ2n) is 2.29. The third kappa shape index (κ3) is 2.44. The molecule has 1 aromatic carbocycles. The first-order chi connectivity index (χ1) is 5.65. The standard InChI is InChI=1S/C9H7Br3/c1-2-3-6-4-8(11)9(12)5-7(6)10/h2-5H,1H3. The summed E-state index contributed by atoms with van der Waals surface area (Å²) in [6, 6.07) is 4.09. The van der Waals surface area contributed by atoms with E-state index >= 15 is 0 Å². The molecular weight excluding hydrogens is 348 g/mol. The fourth-order valence-electron chi connectivity index (χ4n) is 0.845. The fraction of sp³-hybridized carbons (Fsp3) is 0.111. The highest BCUT2D eigenvalue weighted by Crippen LogP contribution is 2.30. The molecule has 0 fully saturated rings. The average Bonchev–Trinajstić information content (AvgIpc) is 2.01. The first-order valence-corrected chi connectivity index (χ1v) is 5.80. The van der Waals surface area contributed by atoms with Gasteiger partial charge < -0.3 is 0 Å². The van der Waals surface area contributed by atoms with Crippen LogP contribution in [0.2, 0.25) is 0 Å². The maximum atomic E-state index is 3.48. The molecule has 0 amide bonds. The molecule has 0 aliphatic rings. The van der Waals surface area contributed by atoms with E-state index in [1.165, 1.54) is 5.56 Å². The van der Waals surface area contributed by atoms with Crippen LogP contribution in [0, 0.1) is 0 Å². The van der Waals surface area contributed by atoms with Crippen LogP contribution in [0.5, 0.6) is 0 Å². The van der Waals surface area contributed by atoms with E-state index in [2.05, 4.69) is 59.9 Å². The fourth-order valence-corrected chi connectivity index (χ4v) is 2.33. The van der Waals surface area contributed by atoms with Crippen LogP contribution in [-0.4, -0.2) is 0 Å². The number of halogens is 3. The molecule has 0 spiro atoms. The molecule has 0 radical (unpaired) electrons. The molecular formula is C9H7Br3. The summed E-state index contributed by atoms with van der Waals surface area (Å²) in [5.74, 6) is 0. The average molecular weight is 355 g/mol. The Kier molecular flexibility index (Phi) is 4.00. The minimum atomic E-state index is 1.06. The summed E-state index contributed by atoms with van der Waals surface area (Å²) < 4.78 is 3.22. The Bertz CT molecular complexity index is 316. The van der Waals surface area contributed by atoms with Crippen molar-refractivity contribution in [1.82, 2.24) is 0 Å². The Morgan fingerprint density at radius 2 is 1.58 bits per heavy atom. The smallest absolute Gasteiger partial charge is 0.0329 e. The van der Waals surface area contributed by atoms with Gasteiger partial charge in [-0.2, -0.15) is 0 Å². The van der Waals surface area contributed by atoms with Crippen molar-refractivity contribution in [2.75, 3.05) is 0 Å². The molecule has 0 aliphatic heterocycles. The van der Waals surface area contributed by atoms with Crippen LogP contribution in [0.1, 0.15) is 12.5 Å². The maximum Gasteiger partial charge on any atom is 0.0329 e. The third-order valence-corrected chi connectivity index (χ3v) is 3.92. The lowest BCUT2D eigenvalue weighted by Crippen LogP contribution is -1.77. The Hall–Kier alpha value is 0.400. The second kappa shape index (κ2) is 4.58. The van der Waals surface area contributed by atoms with Gasteiger partial charge in [-0.05, 0) is 56.5 Å². The van der Waals surface area contributed by atoms with Crippen LogP contribution < -0.4 is 0 Å². The minimum absolute atomic E-state index is 1.06. The SMILES string of the molecule is CC=Cc1cc(Br)c(Br)cc1Br. The number of hydrogen-bond acceptors (Lipinski definition) is 0. The van der Waals surface area contributed by atoms with Crippen LogP contribution >= 0.6 is 47.8 Å². The highest BCUT2D eigenvalue weighted by atomic mass is 79.9. The minimum Gasteiger partial charge on any atom is -0.0870 e. The Morgan fingerprint density at radius 1 is 1.00 bits per heavy atom. The molecule has 1 aromatic rings. The van der Waals surface area contributed by atoms with Gasteiger partial charge in [-0.15, -0.1) is 0 Å². The van der Waals surface area contributed by atoms with E-state index in [4.69, 9.17) is 0 Å². The molecule has 0 atom stereocenters. The normalized spacial score (nSPS) is 11.0. The van der Waals surface area contributed by atoms with E-state index in [-0.39, 0.29) is 0 Å². The highest BCUT2D eigenvalue weighted by molar-refractivity contribution is 9.13. The first-order valence-electron chi connectivity index (χ1n) is 3.42. The third-order valence-electron chi connectivity index (χ3n) is 1.39. The summed E-state index contributed by atoms with van der Waals surface area (Å²) >= 11 is 10.4. The summed E-state index contributed by atoms with van der Waals surface area (Å²) in [6.45, 7) is 2.00. The molecule has 0 saturated carbocycles. The van der Waals surface area contributed by atoms with Crippen molar-refractivity contribution in [2.45, 2.75) is 6.92 Å². The van der Waals surface area contributed by atoms with Crippen LogP contribution in [0.3, 0.4) is 0 Å². The monoisotopic (exact) mass is 352 g/mol. The van der Waals surface area contributed by atoms with E-state index in [1.807, 2.05) is 19.1 Å². The molecule has 0 aromatic heterocycles. The molecule has 0 N–H and O–H groups in total. The number of benzene rings is 1. The number of hydrogen-bond donors (Lipinski definition) is 0. The van der Waals surface area contributed by atoms with Gasteiger partial charge in [0.05, 0.1) is 0 Å². The lowest BCUT2D eigenvalue weighted by Gasteiger charge is -2.01. The van der Waals surface area contributed by atoms with Gasteiger partial charge in [-0.25, -0.2) is 0 Å². The van der Waals surface area contributed by atoms with Gasteiger partial charge >= 0.3 is 0 Å². The van der Waals surface area contributed by atoms with Gasteiger partial charge in [0.1, 0.15) is 0 Å². The summed E-state index contributed by atoms with van der Waals surface area (Å²) in [5, 5.41) is 0. The zero-order valence-electron chi connectivity index (χ0n) is 6.44. The summed E-state index contributed by atoms with van der Waals surface area (Å²) in [6.07, 6.45) is 4.07. The lowest BCUT2D eigenvalue weighted by atomic mass is 10.2. The van der Waals surface area contributed by atoms with Gasteiger partial charge in [-0.1, -0.05) is 28.1 Å². The van der Waals surface area contributed by atoms with E-state index < -0.39 is 0 Å². The van der Waals surface area contributed by atoms with Crippen molar-refractivity contribution in [2.24, 2.45) is 0 Å². The highest BCUT2D eigenvalue weighted by Gasteiger charge is 2.01. The molecule has 64 valence electrons. The Balaban J connectivity index is 3.23. The molecule has 3 heteroatoms. The van der Waals surface area contributed by atoms with E-state index in [9.17, 15) is 0 Å². The van der Waals surface area contributed by atoms with Crippen LogP contribution in [0.4, 0.5) is 0 Å². The van der Waals surface area contributed by atoms with Crippen LogP contribution in [-0.2, 0) is 0 Å². The van der Waals surface area contributed by atoms with E-state index in [0.717, 1.165) is 13.4 Å². The molecule has 0 nitrogen and oxygen atoms in total. The molecule has 0 saturated heterocycles. The molecule has 0 heterocycles. The van der Waals surface area contributed by atoms with Crippen molar-refractivity contribution in [3.63, 3.8) is 0 Å². The molecule has 0 aliphatic carbocycles. The van der Waals surface area contributed by atoms with Crippen LogP contribution in [0.25, 0.3) is 6.08 Å². The molecule has 0 bridgehead atoms. The largest absolute Gasteiger partial charge is 0.0870 e. The molecule has 1 rings (SSSR count). The summed E-state index contributed by atoms with van der Waals surface area (Å²) in [4.78, 5) is 0. The zero-order chi connectivity index (χ0) is 9.14. The van der Waals surface area contributed by atoms with Gasteiger partial charge in [-0.3, -0.25) is 0 Å². The van der Waals surface area contributed by atoms with E-state index in [1.54, 1.807) is 0 Å². The van der Waals surface area contributed by atoms with Crippen molar-refractivity contribution < 1.29 is 0 Å². The van der Waals surface area contributed by atoms with Gasteiger partial charge in [0.25, 0.3) is 0 Å². The Morgan fingerprint density at radius 3 is 2.17 bits per heavy atom. The maximum absolute atomic E-state index is 3.48. The number of rotatable bonds is 1. The predicted octanol–water partition coefficient (Wildman–Crippen LogP) is 5.01. The molecule has 12 heavy (non-hydrogen) atoms. The van der Waals surface area contributed by atoms with Crippen molar-refractivity contribution in [3.8, 4) is 0 Å². The summed E-state index contributed by atoms with van der Waals surface area (Å²) in [7, 11) is 0. The number of allylic oxidation sites excluding steroid dienone is 1. The zero-order valence-corrected chi connectivity index (χ0v) is 11.2. The quantitative estimate of drug-likeness (QED) is 0.622. The van der Waals surface area contributed by atoms with Gasteiger partial charge in [0.2, 0.25) is 0 Å². The lowest BCUT2D eigenvalue weighted by molar-refractivity contribution is 1.51. The van der Waals surface area contributed by atoms with Gasteiger partial charge in [0.15, 0.2) is 0 Å². The second-order valence-corrected chi connectivity index (χ2v) is 4.85. The van der Waals surface area contributed by atoms with Gasteiger partial charge in [0, 0.05) is 13.4 Å². The van der Waals surface area contributed by atoms with Crippen molar-refractivity contribution in [3.05, 3.63) is 37.2 Å². The van der Waals surface area contributed by atoms with E-state index in [0.29, 0.717) is 0 Å². The van der Waals surface area contributed by atoms with Crippen molar-refractivity contribution >= 4 is 53.9 Å². The predicted molar refractivity (Wildman–Crippen MR) is 64.3 cm³/mol.